The molecule has 0 bridgehead atoms. The summed E-state index contributed by atoms with van der Waals surface area (Å²) in [5, 5.41) is 4.62. The Morgan fingerprint density at radius 2 is 2.00 bits per heavy atom. The van der Waals surface area contributed by atoms with E-state index in [0.717, 1.165) is 23.4 Å². The molecule has 3 heteroatoms. The van der Waals surface area contributed by atoms with Crippen molar-refractivity contribution in [1.82, 2.24) is 10.2 Å². The maximum atomic E-state index is 6.16. The average molecular weight is 307 g/mol. The van der Waals surface area contributed by atoms with Gasteiger partial charge in [0.05, 0.1) is 0 Å². The van der Waals surface area contributed by atoms with Crippen molar-refractivity contribution >= 4 is 11.6 Å². The Hall–Kier alpha value is -0.570. The number of rotatable bonds is 6. The van der Waals surface area contributed by atoms with E-state index >= 15 is 0 Å². The van der Waals surface area contributed by atoms with Crippen molar-refractivity contribution in [1.29, 1.82) is 0 Å². The van der Waals surface area contributed by atoms with Gasteiger partial charge in [0.2, 0.25) is 0 Å². The summed E-state index contributed by atoms with van der Waals surface area (Å²) in [5.74, 6) is 0.984. The molecular formula is C18H27ClN2. The molecule has 2 nitrogen and oxygen atoms in total. The number of benzene rings is 1. The van der Waals surface area contributed by atoms with Crippen LogP contribution in [0.4, 0.5) is 0 Å². The van der Waals surface area contributed by atoms with Crippen molar-refractivity contribution in [2.24, 2.45) is 5.92 Å². The van der Waals surface area contributed by atoms with Crippen LogP contribution in [0.3, 0.4) is 0 Å². The predicted molar refractivity (Wildman–Crippen MR) is 89.8 cm³/mol. The Morgan fingerprint density at radius 1 is 1.24 bits per heavy atom. The molecule has 1 saturated carbocycles. The van der Waals surface area contributed by atoms with Crippen LogP contribution in [0.1, 0.15) is 50.6 Å². The van der Waals surface area contributed by atoms with Gasteiger partial charge in [-0.05, 0) is 62.3 Å². The monoisotopic (exact) mass is 306 g/mol. The molecule has 1 aromatic carbocycles. The topological polar surface area (TPSA) is 15.3 Å². The lowest BCUT2D eigenvalue weighted by Crippen LogP contribution is -2.44. The van der Waals surface area contributed by atoms with Gasteiger partial charge < -0.3 is 5.32 Å². The van der Waals surface area contributed by atoms with Gasteiger partial charge in [0, 0.05) is 30.2 Å². The van der Waals surface area contributed by atoms with E-state index < -0.39 is 0 Å². The van der Waals surface area contributed by atoms with E-state index in [2.05, 4.69) is 35.3 Å². The van der Waals surface area contributed by atoms with E-state index in [4.69, 9.17) is 11.6 Å². The Bertz CT molecular complexity index is 450. The highest BCUT2D eigenvalue weighted by Gasteiger charge is 2.27. The fraction of sp³-hybridized carbons (Fsp3) is 0.667. The van der Waals surface area contributed by atoms with Crippen LogP contribution in [0.5, 0.6) is 0 Å². The van der Waals surface area contributed by atoms with Crippen LogP contribution in [0, 0.1) is 5.92 Å². The minimum absolute atomic E-state index is 0.521. The van der Waals surface area contributed by atoms with Crippen LogP contribution in [-0.4, -0.2) is 30.6 Å². The minimum Gasteiger partial charge on any atom is -0.314 e. The molecule has 1 heterocycles. The summed E-state index contributed by atoms with van der Waals surface area (Å²) in [6.45, 7) is 5.93. The summed E-state index contributed by atoms with van der Waals surface area (Å²) < 4.78 is 0. The van der Waals surface area contributed by atoms with Gasteiger partial charge in [0.15, 0.2) is 0 Å². The summed E-state index contributed by atoms with van der Waals surface area (Å²) in [6, 6.07) is 9.65. The van der Waals surface area contributed by atoms with Crippen LogP contribution >= 0.6 is 11.6 Å². The number of halogens is 1. The minimum atomic E-state index is 0.521. The first-order valence-corrected chi connectivity index (χ1v) is 8.87. The van der Waals surface area contributed by atoms with Gasteiger partial charge in [-0.25, -0.2) is 0 Å². The molecule has 1 atom stereocenters. The van der Waals surface area contributed by atoms with Gasteiger partial charge in [0.1, 0.15) is 0 Å². The molecule has 1 aromatic rings. The summed E-state index contributed by atoms with van der Waals surface area (Å²) in [6.07, 6.45) is 6.60. The third-order valence-corrected chi connectivity index (χ3v) is 5.22. The van der Waals surface area contributed by atoms with Crippen LogP contribution in [0.25, 0.3) is 0 Å². The average Bonchev–Trinajstić information content (AvgIpc) is 3.32. The zero-order valence-corrected chi connectivity index (χ0v) is 13.8. The number of piperidine rings is 1. The third-order valence-electron chi connectivity index (χ3n) is 4.98. The van der Waals surface area contributed by atoms with E-state index in [1.54, 1.807) is 0 Å². The second-order valence-corrected chi connectivity index (χ2v) is 7.08. The zero-order chi connectivity index (χ0) is 14.7. The van der Waals surface area contributed by atoms with E-state index in [0.29, 0.717) is 6.04 Å². The van der Waals surface area contributed by atoms with Gasteiger partial charge in [-0.3, -0.25) is 4.90 Å². The van der Waals surface area contributed by atoms with Crippen molar-refractivity contribution in [3.8, 4) is 0 Å². The number of likely N-dealkylation sites (tertiary alicyclic amines) is 1. The van der Waals surface area contributed by atoms with Gasteiger partial charge in [-0.1, -0.05) is 30.7 Å². The van der Waals surface area contributed by atoms with Gasteiger partial charge in [0.25, 0.3) is 0 Å². The molecule has 2 aliphatic rings. The molecule has 1 unspecified atom stereocenters. The third kappa shape index (κ3) is 4.21. The molecule has 0 aromatic heterocycles. The second kappa shape index (κ2) is 7.13. The molecule has 1 saturated heterocycles. The van der Waals surface area contributed by atoms with Crippen molar-refractivity contribution in [2.75, 3.05) is 19.6 Å². The molecule has 0 spiro atoms. The Morgan fingerprint density at radius 3 is 2.62 bits per heavy atom. The molecule has 21 heavy (non-hydrogen) atoms. The molecule has 116 valence electrons. The predicted octanol–water partition coefficient (Wildman–Crippen LogP) is 4.26. The molecule has 1 aliphatic carbocycles. The van der Waals surface area contributed by atoms with Crippen molar-refractivity contribution in [2.45, 2.75) is 51.1 Å². The van der Waals surface area contributed by atoms with Gasteiger partial charge >= 0.3 is 0 Å². The maximum absolute atomic E-state index is 6.16. The molecule has 1 N–H and O–H groups in total. The smallest absolute Gasteiger partial charge is 0.0409 e. The van der Waals surface area contributed by atoms with E-state index in [9.17, 15) is 0 Å². The maximum Gasteiger partial charge on any atom is 0.0409 e. The number of nitrogens with one attached hydrogen (secondary N) is 1. The Labute approximate surface area is 133 Å². The lowest BCUT2D eigenvalue weighted by Gasteiger charge is -2.38. The van der Waals surface area contributed by atoms with Crippen LogP contribution in [-0.2, 0) is 0 Å². The molecule has 1 aliphatic heterocycles. The van der Waals surface area contributed by atoms with Crippen molar-refractivity contribution < 1.29 is 0 Å². The number of nitrogens with zero attached hydrogens (tertiary/aromatic N) is 1. The highest BCUT2D eigenvalue weighted by Crippen LogP contribution is 2.30. The summed E-state index contributed by atoms with van der Waals surface area (Å²) in [5.41, 5.74) is 1.37. The molecule has 0 amide bonds. The number of hydrogen-bond donors (Lipinski definition) is 1. The summed E-state index contributed by atoms with van der Waals surface area (Å²) >= 11 is 6.16. The quantitative estimate of drug-likeness (QED) is 0.845. The standard InChI is InChI=1S/C18H27ClN2/c1-2-18(15-4-3-5-16(19)12-15)21-10-8-17(9-11-21)20-13-14-6-7-14/h3-5,12,14,17-18,20H,2,6-11,13H2,1H3. The molecule has 3 rings (SSSR count). The lowest BCUT2D eigenvalue weighted by molar-refractivity contribution is 0.139. The molecule has 2 fully saturated rings. The highest BCUT2D eigenvalue weighted by molar-refractivity contribution is 6.30. The number of hydrogen-bond acceptors (Lipinski definition) is 2. The summed E-state index contributed by atoms with van der Waals surface area (Å²) in [4.78, 5) is 2.64. The Kier molecular flexibility index (Phi) is 5.20. The van der Waals surface area contributed by atoms with Crippen LogP contribution in [0.15, 0.2) is 24.3 Å². The van der Waals surface area contributed by atoms with Crippen molar-refractivity contribution in [3.63, 3.8) is 0 Å². The molecular weight excluding hydrogens is 280 g/mol. The normalized spacial score (nSPS) is 22.4. The van der Waals surface area contributed by atoms with E-state index in [-0.39, 0.29) is 0 Å². The lowest BCUT2D eigenvalue weighted by atomic mass is 9.97. The molecule has 0 radical (unpaired) electrons. The van der Waals surface area contributed by atoms with Crippen LogP contribution in [0.2, 0.25) is 5.02 Å². The second-order valence-electron chi connectivity index (χ2n) is 6.64. The fourth-order valence-corrected chi connectivity index (χ4v) is 3.69. The zero-order valence-electron chi connectivity index (χ0n) is 13.0. The van der Waals surface area contributed by atoms with E-state index in [1.807, 2.05) is 6.07 Å². The van der Waals surface area contributed by atoms with E-state index in [1.165, 1.54) is 50.9 Å². The highest BCUT2D eigenvalue weighted by atomic mass is 35.5. The largest absolute Gasteiger partial charge is 0.314 e. The Balaban J connectivity index is 1.53. The first kappa shape index (κ1) is 15.3. The first-order chi connectivity index (χ1) is 10.3. The fourth-order valence-electron chi connectivity index (χ4n) is 3.49. The van der Waals surface area contributed by atoms with Crippen molar-refractivity contribution in [3.05, 3.63) is 34.9 Å². The van der Waals surface area contributed by atoms with Crippen LogP contribution < -0.4 is 5.32 Å². The van der Waals surface area contributed by atoms with Gasteiger partial charge in [-0.15, -0.1) is 0 Å². The first-order valence-electron chi connectivity index (χ1n) is 8.49. The summed E-state index contributed by atoms with van der Waals surface area (Å²) in [7, 11) is 0. The SMILES string of the molecule is CCC(c1cccc(Cl)c1)N1CCC(NCC2CC2)CC1. The van der Waals surface area contributed by atoms with Gasteiger partial charge in [-0.2, -0.15) is 0 Å².